The predicted molar refractivity (Wildman–Crippen MR) is 65.5 cm³/mol. The topological polar surface area (TPSA) is 34.0 Å². The number of nitrogens with zero attached hydrogens (tertiary/aromatic N) is 1. The summed E-state index contributed by atoms with van der Waals surface area (Å²) in [5.41, 5.74) is 0.0816. The van der Waals surface area contributed by atoms with Gasteiger partial charge in [-0.25, -0.2) is 0 Å². The zero-order valence-corrected chi connectivity index (χ0v) is 9.86. The Morgan fingerprint density at radius 1 is 1.38 bits per heavy atom. The first-order chi connectivity index (χ1) is 7.79. The summed E-state index contributed by atoms with van der Waals surface area (Å²) in [6.07, 6.45) is 9.17. The second-order valence-corrected chi connectivity index (χ2v) is 4.67. The number of hydrogen-bond acceptors (Lipinski definition) is 2. The molecular weight excluding hydrogens is 200 g/mol. The molecule has 1 aliphatic rings. The number of likely N-dealkylation sites (N-methyl/N-ethyl adjacent to an activating group) is 1. The highest BCUT2D eigenvalue weighted by Gasteiger charge is 2.23. The second kappa shape index (κ2) is 5.30. The molecule has 0 amide bonds. The Balaban J connectivity index is 2.00. The van der Waals surface area contributed by atoms with E-state index in [1.54, 1.807) is 12.1 Å². The molecule has 1 atom stereocenters. The van der Waals surface area contributed by atoms with Gasteiger partial charge in [0.05, 0.1) is 0 Å². The fourth-order valence-electron chi connectivity index (χ4n) is 2.63. The largest absolute Gasteiger partial charge is 0.352 e. The first-order valence-electron chi connectivity index (χ1n) is 6.13. The Labute approximate surface area is 96.5 Å². The van der Waals surface area contributed by atoms with E-state index in [0.717, 1.165) is 12.5 Å². The van der Waals surface area contributed by atoms with Crippen molar-refractivity contribution in [1.82, 2.24) is 9.88 Å². The smallest absolute Gasteiger partial charge is 0.181 e. The van der Waals surface area contributed by atoms with Gasteiger partial charge < -0.3 is 9.88 Å². The molecule has 3 nitrogen and oxygen atoms in total. The minimum absolute atomic E-state index is 0.0816. The molecule has 0 spiro atoms. The Morgan fingerprint density at radius 2 is 2.00 bits per heavy atom. The summed E-state index contributed by atoms with van der Waals surface area (Å²) in [6, 6.07) is 3.79. The van der Waals surface area contributed by atoms with Crippen LogP contribution in [-0.2, 0) is 6.54 Å². The molecule has 3 heteroatoms. The van der Waals surface area contributed by atoms with E-state index in [0.29, 0.717) is 6.04 Å². The predicted octanol–water partition coefficient (Wildman–Crippen LogP) is 1.63. The van der Waals surface area contributed by atoms with Crippen LogP contribution in [-0.4, -0.2) is 17.7 Å². The maximum absolute atomic E-state index is 11.0. The van der Waals surface area contributed by atoms with Gasteiger partial charge in [-0.05, 0) is 25.8 Å². The summed E-state index contributed by atoms with van der Waals surface area (Å²) in [7, 11) is 2.03. The summed E-state index contributed by atoms with van der Waals surface area (Å²) in [4.78, 5) is 11.0. The molecule has 16 heavy (non-hydrogen) atoms. The lowest BCUT2D eigenvalue weighted by Gasteiger charge is -2.24. The molecule has 1 N–H and O–H groups in total. The van der Waals surface area contributed by atoms with E-state index in [1.807, 2.05) is 19.4 Å². The SMILES string of the molecule is CNC(Cn1ccc(=O)cc1)C1CCCC1. The van der Waals surface area contributed by atoms with Crippen molar-refractivity contribution in [2.45, 2.75) is 38.3 Å². The Bertz CT molecular complexity index is 359. The molecule has 0 bridgehead atoms. The molecule has 1 aromatic rings. The number of rotatable bonds is 4. The lowest BCUT2D eigenvalue weighted by molar-refractivity contribution is 0.339. The zero-order chi connectivity index (χ0) is 11.4. The summed E-state index contributed by atoms with van der Waals surface area (Å²) in [6.45, 7) is 0.960. The van der Waals surface area contributed by atoms with Gasteiger partial charge in [0, 0.05) is 37.1 Å². The van der Waals surface area contributed by atoms with E-state index >= 15 is 0 Å². The third-order valence-electron chi connectivity index (χ3n) is 3.61. The number of hydrogen-bond donors (Lipinski definition) is 1. The Morgan fingerprint density at radius 3 is 2.56 bits per heavy atom. The molecule has 2 rings (SSSR count). The van der Waals surface area contributed by atoms with Crippen molar-refractivity contribution in [3.63, 3.8) is 0 Å². The van der Waals surface area contributed by atoms with Crippen LogP contribution in [0.25, 0.3) is 0 Å². The quantitative estimate of drug-likeness (QED) is 0.836. The highest BCUT2D eigenvalue weighted by Crippen LogP contribution is 2.28. The lowest BCUT2D eigenvalue weighted by atomic mass is 9.98. The third-order valence-corrected chi connectivity index (χ3v) is 3.61. The van der Waals surface area contributed by atoms with Gasteiger partial charge in [-0.1, -0.05) is 12.8 Å². The minimum atomic E-state index is 0.0816. The third kappa shape index (κ3) is 2.73. The fourth-order valence-corrected chi connectivity index (χ4v) is 2.63. The van der Waals surface area contributed by atoms with Gasteiger partial charge in [0.1, 0.15) is 0 Å². The normalized spacial score (nSPS) is 18.8. The van der Waals surface area contributed by atoms with E-state index < -0.39 is 0 Å². The molecule has 1 saturated carbocycles. The average molecular weight is 220 g/mol. The molecular formula is C13H20N2O. The van der Waals surface area contributed by atoms with Crippen LogP contribution in [0.5, 0.6) is 0 Å². The molecule has 0 aromatic carbocycles. The van der Waals surface area contributed by atoms with Crippen LogP contribution in [0.2, 0.25) is 0 Å². The van der Waals surface area contributed by atoms with Crippen LogP contribution in [0.3, 0.4) is 0 Å². The molecule has 1 heterocycles. The van der Waals surface area contributed by atoms with E-state index in [4.69, 9.17) is 0 Å². The first-order valence-corrected chi connectivity index (χ1v) is 6.13. The van der Waals surface area contributed by atoms with Gasteiger partial charge in [0.25, 0.3) is 0 Å². The number of aromatic nitrogens is 1. The van der Waals surface area contributed by atoms with Crippen LogP contribution in [0, 0.1) is 5.92 Å². The molecule has 1 unspecified atom stereocenters. The average Bonchev–Trinajstić information content (AvgIpc) is 2.82. The van der Waals surface area contributed by atoms with Gasteiger partial charge in [-0.15, -0.1) is 0 Å². The lowest BCUT2D eigenvalue weighted by Crippen LogP contribution is -2.36. The van der Waals surface area contributed by atoms with Crippen molar-refractivity contribution >= 4 is 0 Å². The number of pyridine rings is 1. The van der Waals surface area contributed by atoms with Crippen LogP contribution in [0.15, 0.2) is 29.3 Å². The minimum Gasteiger partial charge on any atom is -0.352 e. The van der Waals surface area contributed by atoms with E-state index in [-0.39, 0.29) is 5.43 Å². The summed E-state index contributed by atoms with van der Waals surface area (Å²) < 4.78 is 2.10. The van der Waals surface area contributed by atoms with Gasteiger partial charge in [0.15, 0.2) is 5.43 Å². The first kappa shape index (κ1) is 11.4. The molecule has 0 aliphatic heterocycles. The van der Waals surface area contributed by atoms with Crippen LogP contribution < -0.4 is 10.7 Å². The van der Waals surface area contributed by atoms with Gasteiger partial charge >= 0.3 is 0 Å². The second-order valence-electron chi connectivity index (χ2n) is 4.67. The Kier molecular flexibility index (Phi) is 3.78. The number of nitrogens with one attached hydrogen (secondary N) is 1. The summed E-state index contributed by atoms with van der Waals surface area (Å²) in [5, 5.41) is 3.41. The molecule has 0 radical (unpaired) electrons. The highest BCUT2D eigenvalue weighted by molar-refractivity contribution is 4.94. The van der Waals surface area contributed by atoms with Crippen molar-refractivity contribution in [3.8, 4) is 0 Å². The summed E-state index contributed by atoms with van der Waals surface area (Å²) >= 11 is 0. The molecule has 88 valence electrons. The molecule has 1 aromatic heterocycles. The van der Waals surface area contributed by atoms with E-state index in [1.165, 1.54) is 25.7 Å². The van der Waals surface area contributed by atoms with E-state index in [2.05, 4.69) is 9.88 Å². The highest BCUT2D eigenvalue weighted by atomic mass is 16.1. The van der Waals surface area contributed by atoms with Crippen molar-refractivity contribution in [2.75, 3.05) is 7.05 Å². The van der Waals surface area contributed by atoms with Crippen molar-refractivity contribution in [1.29, 1.82) is 0 Å². The van der Waals surface area contributed by atoms with Gasteiger partial charge in [0.2, 0.25) is 0 Å². The molecule has 0 saturated heterocycles. The maximum Gasteiger partial charge on any atom is 0.181 e. The maximum atomic E-state index is 11.0. The molecule has 1 fully saturated rings. The van der Waals surface area contributed by atoms with Crippen molar-refractivity contribution in [3.05, 3.63) is 34.7 Å². The van der Waals surface area contributed by atoms with Crippen molar-refractivity contribution in [2.24, 2.45) is 5.92 Å². The van der Waals surface area contributed by atoms with E-state index in [9.17, 15) is 4.79 Å². The van der Waals surface area contributed by atoms with Crippen LogP contribution in [0.1, 0.15) is 25.7 Å². The van der Waals surface area contributed by atoms with Crippen LogP contribution >= 0.6 is 0 Å². The van der Waals surface area contributed by atoms with Crippen molar-refractivity contribution < 1.29 is 0 Å². The monoisotopic (exact) mass is 220 g/mol. The van der Waals surface area contributed by atoms with Crippen LogP contribution in [0.4, 0.5) is 0 Å². The zero-order valence-electron chi connectivity index (χ0n) is 9.86. The Hall–Kier alpha value is -1.09. The fraction of sp³-hybridized carbons (Fsp3) is 0.615. The van der Waals surface area contributed by atoms with Gasteiger partial charge in [-0.3, -0.25) is 4.79 Å². The summed E-state index contributed by atoms with van der Waals surface area (Å²) in [5.74, 6) is 0.796. The standard InChI is InChI=1S/C13H20N2O/c1-14-13(11-4-2-3-5-11)10-15-8-6-12(16)7-9-15/h6-9,11,13-14H,2-5,10H2,1H3. The molecule has 1 aliphatic carbocycles. The van der Waals surface area contributed by atoms with Gasteiger partial charge in [-0.2, -0.15) is 0 Å².